The molecule has 1 N–H and O–H groups in total. The minimum atomic E-state index is 0.582. The van der Waals surface area contributed by atoms with E-state index >= 15 is 0 Å². The van der Waals surface area contributed by atoms with Gasteiger partial charge in [0.1, 0.15) is 5.82 Å². The number of nitrogens with zero attached hydrogens (tertiary/aromatic N) is 2. The molecule has 18 heavy (non-hydrogen) atoms. The summed E-state index contributed by atoms with van der Waals surface area (Å²) in [4.78, 5) is 7.02. The second-order valence-electron chi connectivity index (χ2n) is 5.74. The maximum Gasteiger partial charge on any atom is 0.126 e. The van der Waals surface area contributed by atoms with Crippen molar-refractivity contribution in [1.82, 2.24) is 9.88 Å². The molecule has 0 spiro atoms. The molecule has 1 saturated heterocycles. The summed E-state index contributed by atoms with van der Waals surface area (Å²) in [5.74, 6) is 1.05. The monoisotopic (exact) mass is 245 g/mol. The fourth-order valence-electron chi connectivity index (χ4n) is 3.30. The van der Waals surface area contributed by atoms with Crippen LogP contribution >= 0.6 is 0 Å². The number of hydrogen-bond acceptors (Lipinski definition) is 3. The molecule has 0 aromatic carbocycles. The van der Waals surface area contributed by atoms with Gasteiger partial charge in [0.05, 0.1) is 0 Å². The van der Waals surface area contributed by atoms with Crippen molar-refractivity contribution in [2.45, 2.75) is 50.6 Å². The van der Waals surface area contributed by atoms with Crippen molar-refractivity contribution in [2.75, 3.05) is 18.9 Å². The van der Waals surface area contributed by atoms with E-state index in [1.165, 1.54) is 50.6 Å². The summed E-state index contributed by atoms with van der Waals surface area (Å²) in [6.07, 6.45) is 9.97. The summed E-state index contributed by atoms with van der Waals surface area (Å²) in [5.41, 5.74) is 1.37. The third kappa shape index (κ3) is 2.51. The van der Waals surface area contributed by atoms with Crippen LogP contribution in [0.2, 0.25) is 0 Å². The van der Waals surface area contributed by atoms with E-state index in [0.717, 1.165) is 5.82 Å². The van der Waals surface area contributed by atoms with Gasteiger partial charge in [0.2, 0.25) is 0 Å². The van der Waals surface area contributed by atoms with Crippen LogP contribution in [0.3, 0.4) is 0 Å². The Balaban J connectivity index is 1.64. The zero-order valence-corrected chi connectivity index (χ0v) is 11.2. The van der Waals surface area contributed by atoms with Crippen molar-refractivity contribution >= 4 is 5.82 Å². The normalized spacial score (nSPS) is 25.7. The van der Waals surface area contributed by atoms with E-state index in [2.05, 4.69) is 40.6 Å². The van der Waals surface area contributed by atoms with Gasteiger partial charge in [-0.2, -0.15) is 0 Å². The molecule has 0 amide bonds. The first kappa shape index (κ1) is 12.0. The van der Waals surface area contributed by atoms with E-state index in [0.29, 0.717) is 12.1 Å². The van der Waals surface area contributed by atoms with E-state index in [1.54, 1.807) is 0 Å². The molecule has 3 nitrogen and oxygen atoms in total. The summed E-state index contributed by atoms with van der Waals surface area (Å²) >= 11 is 0. The number of pyridine rings is 1. The van der Waals surface area contributed by atoms with Crippen LogP contribution in [0.4, 0.5) is 5.82 Å². The standard InChI is InChI=1S/C15H23N3/c1-18-10-4-7-14(18)12-8-9-15(16-11-12)17-13-5-2-3-6-13/h8-9,11,13-14H,2-7,10H2,1H3,(H,16,17)/t14-/m0/s1. The quantitative estimate of drug-likeness (QED) is 0.886. The maximum absolute atomic E-state index is 4.58. The highest BCUT2D eigenvalue weighted by molar-refractivity contribution is 5.37. The Morgan fingerprint density at radius 2 is 2.00 bits per heavy atom. The lowest BCUT2D eigenvalue weighted by molar-refractivity contribution is 0.317. The number of aromatic nitrogens is 1. The molecule has 3 rings (SSSR count). The van der Waals surface area contributed by atoms with Crippen LogP contribution in [0.15, 0.2) is 18.3 Å². The van der Waals surface area contributed by atoms with Crippen LogP contribution in [-0.2, 0) is 0 Å². The maximum atomic E-state index is 4.58. The molecule has 0 bridgehead atoms. The minimum Gasteiger partial charge on any atom is -0.367 e. The molecule has 2 heterocycles. The summed E-state index contributed by atoms with van der Waals surface area (Å²) in [7, 11) is 2.21. The number of hydrogen-bond donors (Lipinski definition) is 1. The molecule has 1 atom stereocenters. The molecule has 1 aromatic rings. The van der Waals surface area contributed by atoms with E-state index in [9.17, 15) is 0 Å². The smallest absolute Gasteiger partial charge is 0.126 e. The molecule has 1 aliphatic carbocycles. The highest BCUT2D eigenvalue weighted by Crippen LogP contribution is 2.30. The highest BCUT2D eigenvalue weighted by atomic mass is 15.1. The van der Waals surface area contributed by atoms with Gasteiger partial charge < -0.3 is 5.32 Å². The van der Waals surface area contributed by atoms with Gasteiger partial charge in [-0.25, -0.2) is 4.98 Å². The van der Waals surface area contributed by atoms with Gasteiger partial charge in [-0.3, -0.25) is 4.90 Å². The molecule has 3 heteroatoms. The van der Waals surface area contributed by atoms with Gasteiger partial charge in [-0.05, 0) is 50.9 Å². The predicted molar refractivity (Wildman–Crippen MR) is 74.7 cm³/mol. The Labute approximate surface area is 110 Å². The van der Waals surface area contributed by atoms with Crippen molar-refractivity contribution in [3.8, 4) is 0 Å². The average Bonchev–Trinajstić information content (AvgIpc) is 3.02. The third-order valence-corrected chi connectivity index (χ3v) is 4.40. The second-order valence-corrected chi connectivity index (χ2v) is 5.74. The van der Waals surface area contributed by atoms with Crippen molar-refractivity contribution in [3.05, 3.63) is 23.9 Å². The van der Waals surface area contributed by atoms with Crippen LogP contribution in [0.5, 0.6) is 0 Å². The Morgan fingerprint density at radius 3 is 2.61 bits per heavy atom. The number of nitrogens with one attached hydrogen (secondary N) is 1. The molecule has 0 unspecified atom stereocenters. The number of likely N-dealkylation sites (tertiary alicyclic amines) is 1. The van der Waals surface area contributed by atoms with Crippen LogP contribution < -0.4 is 5.32 Å². The topological polar surface area (TPSA) is 28.2 Å². The molecule has 1 aromatic heterocycles. The summed E-state index contributed by atoms with van der Waals surface area (Å²) in [6, 6.07) is 5.63. The summed E-state index contributed by atoms with van der Waals surface area (Å²) < 4.78 is 0. The summed E-state index contributed by atoms with van der Waals surface area (Å²) in [6.45, 7) is 1.22. The van der Waals surface area contributed by atoms with Crippen LogP contribution in [-0.4, -0.2) is 29.5 Å². The molecule has 0 radical (unpaired) electrons. The van der Waals surface area contributed by atoms with E-state index in [4.69, 9.17) is 0 Å². The lowest BCUT2D eigenvalue weighted by Crippen LogP contribution is -2.18. The lowest BCUT2D eigenvalue weighted by Gasteiger charge is -2.20. The fourth-order valence-corrected chi connectivity index (χ4v) is 3.30. The first-order valence-electron chi connectivity index (χ1n) is 7.25. The first-order valence-corrected chi connectivity index (χ1v) is 7.25. The van der Waals surface area contributed by atoms with Gasteiger partial charge in [-0.1, -0.05) is 18.9 Å². The van der Waals surface area contributed by atoms with Gasteiger partial charge in [0.15, 0.2) is 0 Å². The second kappa shape index (κ2) is 5.27. The molecule has 2 aliphatic rings. The number of rotatable bonds is 3. The van der Waals surface area contributed by atoms with Gasteiger partial charge >= 0.3 is 0 Å². The van der Waals surface area contributed by atoms with Gasteiger partial charge in [-0.15, -0.1) is 0 Å². The van der Waals surface area contributed by atoms with E-state index in [-0.39, 0.29) is 0 Å². The molecular formula is C15H23N3. The zero-order chi connectivity index (χ0) is 12.4. The van der Waals surface area contributed by atoms with E-state index in [1.807, 2.05) is 0 Å². The van der Waals surface area contributed by atoms with E-state index < -0.39 is 0 Å². The SMILES string of the molecule is CN1CCC[C@H]1c1ccc(NC2CCCC2)nc1. The van der Waals surface area contributed by atoms with Crippen LogP contribution in [0, 0.1) is 0 Å². The van der Waals surface area contributed by atoms with Gasteiger partial charge in [0, 0.05) is 18.3 Å². The zero-order valence-electron chi connectivity index (χ0n) is 11.2. The van der Waals surface area contributed by atoms with Crippen molar-refractivity contribution < 1.29 is 0 Å². The predicted octanol–water partition coefficient (Wildman–Crippen LogP) is 3.20. The summed E-state index contributed by atoms with van der Waals surface area (Å²) in [5, 5.41) is 3.55. The Bertz CT molecular complexity index is 381. The van der Waals surface area contributed by atoms with Crippen LogP contribution in [0.25, 0.3) is 0 Å². The van der Waals surface area contributed by atoms with Crippen molar-refractivity contribution in [2.24, 2.45) is 0 Å². The lowest BCUT2D eigenvalue weighted by atomic mass is 10.1. The minimum absolute atomic E-state index is 0.582. The third-order valence-electron chi connectivity index (χ3n) is 4.40. The van der Waals surface area contributed by atoms with Crippen molar-refractivity contribution in [1.29, 1.82) is 0 Å². The highest BCUT2D eigenvalue weighted by Gasteiger charge is 2.22. The van der Waals surface area contributed by atoms with Crippen LogP contribution in [0.1, 0.15) is 50.1 Å². The Hall–Kier alpha value is -1.09. The molecule has 1 saturated carbocycles. The molecule has 1 aliphatic heterocycles. The van der Waals surface area contributed by atoms with Crippen molar-refractivity contribution in [3.63, 3.8) is 0 Å². The number of anilines is 1. The average molecular weight is 245 g/mol. The molecule has 98 valence electrons. The van der Waals surface area contributed by atoms with Gasteiger partial charge in [0.25, 0.3) is 0 Å². The fraction of sp³-hybridized carbons (Fsp3) is 0.667. The molecular weight excluding hydrogens is 222 g/mol. The largest absolute Gasteiger partial charge is 0.367 e. The Morgan fingerprint density at radius 1 is 1.17 bits per heavy atom. The Kier molecular flexibility index (Phi) is 3.50. The first-order chi connectivity index (χ1) is 8.83. The molecule has 2 fully saturated rings.